The van der Waals surface area contributed by atoms with Gasteiger partial charge in [0.2, 0.25) is 17.8 Å². The van der Waals surface area contributed by atoms with Crippen molar-refractivity contribution < 1.29 is 9.59 Å². The molecule has 0 spiro atoms. The molecule has 0 fully saturated rings. The van der Waals surface area contributed by atoms with Gasteiger partial charge >= 0.3 is 0 Å². The smallest absolute Gasteiger partial charge is 0.247 e. The Hall–Kier alpha value is -3.15. The molecule has 2 aromatic carbocycles. The molecule has 126 valence electrons. The van der Waals surface area contributed by atoms with Crippen LogP contribution in [0.15, 0.2) is 48.5 Å². The monoisotopic (exact) mass is 334 g/mol. The summed E-state index contributed by atoms with van der Waals surface area (Å²) < 4.78 is 1.54. The maximum absolute atomic E-state index is 12.5. The number of carbonyl (C=O) groups excluding carboxylic acids is 2. The molecule has 0 bridgehead atoms. The number of para-hydroxylation sites is 2. The largest absolute Gasteiger partial charge is 0.343 e. The van der Waals surface area contributed by atoms with Gasteiger partial charge in [-0.15, -0.1) is 0 Å². The van der Waals surface area contributed by atoms with Crippen molar-refractivity contribution in [1.29, 1.82) is 0 Å². The van der Waals surface area contributed by atoms with E-state index in [2.05, 4.69) is 22.5 Å². The molecular formula is C19H18N4O2. The summed E-state index contributed by atoms with van der Waals surface area (Å²) in [5.74, 6) is 0.0405. The highest BCUT2D eigenvalue weighted by molar-refractivity contribution is 6.04. The summed E-state index contributed by atoms with van der Waals surface area (Å²) in [4.78, 5) is 29.5. The molecule has 1 aliphatic rings. The fourth-order valence-corrected chi connectivity index (χ4v) is 3.06. The van der Waals surface area contributed by atoms with Gasteiger partial charge in [-0.3, -0.25) is 9.59 Å². The zero-order chi connectivity index (χ0) is 17.4. The molecule has 3 aromatic rings. The summed E-state index contributed by atoms with van der Waals surface area (Å²) in [6.07, 6.45) is 1.04. The third kappa shape index (κ3) is 2.76. The molecule has 2 N–H and O–H groups in total. The lowest BCUT2D eigenvalue weighted by Gasteiger charge is -2.23. The topological polar surface area (TPSA) is 76.0 Å². The van der Waals surface area contributed by atoms with E-state index in [1.807, 2.05) is 48.5 Å². The average Bonchev–Trinajstić information content (AvgIpc) is 3.01. The van der Waals surface area contributed by atoms with Gasteiger partial charge in [-0.1, -0.05) is 31.2 Å². The van der Waals surface area contributed by atoms with Crippen molar-refractivity contribution >= 4 is 34.5 Å². The van der Waals surface area contributed by atoms with E-state index >= 15 is 0 Å². The van der Waals surface area contributed by atoms with E-state index in [0.29, 0.717) is 5.95 Å². The molecule has 4 rings (SSSR count). The van der Waals surface area contributed by atoms with E-state index < -0.39 is 6.04 Å². The van der Waals surface area contributed by atoms with Crippen molar-refractivity contribution in [3.8, 4) is 0 Å². The van der Waals surface area contributed by atoms with Crippen LogP contribution in [0.5, 0.6) is 0 Å². The van der Waals surface area contributed by atoms with Crippen LogP contribution in [-0.2, 0) is 11.2 Å². The summed E-state index contributed by atoms with van der Waals surface area (Å²) >= 11 is 0. The lowest BCUT2D eigenvalue weighted by molar-refractivity contribution is -0.117. The van der Waals surface area contributed by atoms with Crippen LogP contribution < -0.4 is 10.6 Å². The van der Waals surface area contributed by atoms with Crippen LogP contribution in [0.25, 0.3) is 11.0 Å². The van der Waals surface area contributed by atoms with Gasteiger partial charge in [-0.2, -0.15) is 0 Å². The van der Waals surface area contributed by atoms with E-state index in [0.717, 1.165) is 23.1 Å². The molecule has 2 heterocycles. The first kappa shape index (κ1) is 15.4. The number of anilines is 2. The van der Waals surface area contributed by atoms with Gasteiger partial charge < -0.3 is 10.6 Å². The molecule has 1 aromatic heterocycles. The lowest BCUT2D eigenvalue weighted by atomic mass is 10.1. The molecule has 0 saturated carbocycles. The quantitative estimate of drug-likeness (QED) is 0.772. The van der Waals surface area contributed by atoms with Gasteiger partial charge in [0, 0.05) is 5.69 Å². The minimum Gasteiger partial charge on any atom is -0.343 e. The highest BCUT2D eigenvalue weighted by Crippen LogP contribution is 2.25. The molecule has 6 heteroatoms. The molecule has 0 unspecified atom stereocenters. The second kappa shape index (κ2) is 6.05. The number of nitrogens with one attached hydrogen (secondary N) is 2. The van der Waals surface area contributed by atoms with Crippen LogP contribution in [0, 0.1) is 0 Å². The number of rotatable bonds is 3. The van der Waals surface area contributed by atoms with Gasteiger partial charge in [-0.05, 0) is 36.2 Å². The summed E-state index contributed by atoms with van der Waals surface area (Å²) in [6.45, 7) is 2.08. The Morgan fingerprint density at radius 3 is 2.76 bits per heavy atom. The number of aryl methyl sites for hydroxylation is 1. The fraction of sp³-hybridized carbons (Fsp3) is 0.211. The van der Waals surface area contributed by atoms with Gasteiger partial charge in [0.15, 0.2) is 0 Å². The Morgan fingerprint density at radius 2 is 2.00 bits per heavy atom. The maximum atomic E-state index is 12.5. The molecule has 0 aliphatic carbocycles. The first-order valence-electron chi connectivity index (χ1n) is 8.32. The summed E-state index contributed by atoms with van der Waals surface area (Å²) in [5.41, 5.74) is 3.41. The predicted molar refractivity (Wildman–Crippen MR) is 96.8 cm³/mol. The lowest BCUT2D eigenvalue weighted by Crippen LogP contribution is -2.42. The number of carbonyl (C=O) groups is 2. The van der Waals surface area contributed by atoms with Crippen molar-refractivity contribution in [1.82, 2.24) is 9.55 Å². The summed E-state index contributed by atoms with van der Waals surface area (Å²) in [7, 11) is 0. The van der Waals surface area contributed by atoms with Crippen molar-refractivity contribution in [2.24, 2.45) is 0 Å². The molecule has 1 aliphatic heterocycles. The van der Waals surface area contributed by atoms with Crippen LogP contribution in [0.1, 0.15) is 23.7 Å². The summed E-state index contributed by atoms with van der Waals surface area (Å²) in [6, 6.07) is 14.5. The van der Waals surface area contributed by atoms with E-state index in [1.54, 1.807) is 0 Å². The Kier molecular flexibility index (Phi) is 3.72. The van der Waals surface area contributed by atoms with E-state index in [4.69, 9.17) is 0 Å². The number of aromatic nitrogens is 2. The summed E-state index contributed by atoms with van der Waals surface area (Å²) in [5, 5.41) is 5.94. The Labute approximate surface area is 144 Å². The Morgan fingerprint density at radius 1 is 1.24 bits per heavy atom. The number of nitrogens with zero attached hydrogens (tertiary/aromatic N) is 2. The van der Waals surface area contributed by atoms with Gasteiger partial charge in [0.05, 0.1) is 17.5 Å². The molecule has 25 heavy (non-hydrogen) atoms. The fourth-order valence-electron chi connectivity index (χ4n) is 3.06. The molecule has 0 saturated heterocycles. The minimum absolute atomic E-state index is 0.0895. The molecular weight excluding hydrogens is 316 g/mol. The van der Waals surface area contributed by atoms with Crippen molar-refractivity contribution in [2.75, 3.05) is 10.6 Å². The zero-order valence-corrected chi connectivity index (χ0v) is 13.8. The van der Waals surface area contributed by atoms with E-state index in [1.165, 1.54) is 10.1 Å². The predicted octanol–water partition coefficient (Wildman–Crippen LogP) is 3.06. The molecule has 6 nitrogen and oxygen atoms in total. The number of imidazole rings is 1. The van der Waals surface area contributed by atoms with Crippen molar-refractivity contribution in [3.63, 3.8) is 0 Å². The number of amides is 1. The number of fused-ring (bicyclic) bond motifs is 3. The first-order valence-corrected chi connectivity index (χ1v) is 8.32. The van der Waals surface area contributed by atoms with Crippen molar-refractivity contribution in [3.05, 3.63) is 54.1 Å². The first-order chi connectivity index (χ1) is 12.2. The standard InChI is InChI=1S/C19H18N4O2/c1-2-12-7-9-13(10-8-12)20-18(25)15-11-17(24)23-16-6-4-3-5-14(16)21-19(23)22-15/h3-10,15H,2,11H2,1H3,(H,20,25)(H,21,22)/t15-/m1/s1. The zero-order valence-electron chi connectivity index (χ0n) is 13.8. The number of hydrogen-bond donors (Lipinski definition) is 2. The van der Waals surface area contributed by atoms with Gasteiger partial charge in [0.1, 0.15) is 6.04 Å². The van der Waals surface area contributed by atoms with Crippen LogP contribution in [0.4, 0.5) is 11.6 Å². The molecule has 0 radical (unpaired) electrons. The SMILES string of the molecule is CCc1ccc(NC(=O)[C@H]2CC(=O)n3c(nc4ccccc43)N2)cc1. The van der Waals surface area contributed by atoms with Crippen LogP contribution in [0.3, 0.4) is 0 Å². The van der Waals surface area contributed by atoms with Crippen molar-refractivity contribution in [2.45, 2.75) is 25.8 Å². The van der Waals surface area contributed by atoms with Crippen LogP contribution in [-0.4, -0.2) is 27.4 Å². The second-order valence-electron chi connectivity index (χ2n) is 6.09. The molecule has 1 amide bonds. The number of benzene rings is 2. The highest BCUT2D eigenvalue weighted by Gasteiger charge is 2.31. The third-order valence-corrected chi connectivity index (χ3v) is 4.44. The highest BCUT2D eigenvalue weighted by atomic mass is 16.2. The normalized spacial score (nSPS) is 16.4. The van der Waals surface area contributed by atoms with E-state index in [9.17, 15) is 9.59 Å². The maximum Gasteiger partial charge on any atom is 0.247 e. The van der Waals surface area contributed by atoms with Gasteiger partial charge in [-0.25, -0.2) is 9.55 Å². The number of hydrogen-bond acceptors (Lipinski definition) is 4. The average molecular weight is 334 g/mol. The van der Waals surface area contributed by atoms with Crippen LogP contribution in [0.2, 0.25) is 0 Å². The Bertz CT molecular complexity index is 959. The third-order valence-electron chi connectivity index (χ3n) is 4.44. The van der Waals surface area contributed by atoms with Gasteiger partial charge in [0.25, 0.3) is 0 Å². The van der Waals surface area contributed by atoms with E-state index in [-0.39, 0.29) is 18.2 Å². The minimum atomic E-state index is -0.636. The Balaban J connectivity index is 1.55. The second-order valence-corrected chi connectivity index (χ2v) is 6.09. The van der Waals surface area contributed by atoms with Crippen LogP contribution >= 0.6 is 0 Å². The molecule has 1 atom stereocenters.